The largest absolute Gasteiger partial charge is 0.372 e. The first-order chi connectivity index (χ1) is 7.79. The number of morpholine rings is 1. The third kappa shape index (κ3) is 2.71. The van der Waals surface area contributed by atoms with Crippen LogP contribution in [0.25, 0.3) is 0 Å². The first-order valence-corrected chi connectivity index (χ1v) is 5.56. The molecule has 2 heterocycles. The topological polar surface area (TPSA) is 37.7 Å². The quantitative estimate of drug-likeness (QED) is 0.736. The third-order valence-corrected chi connectivity index (χ3v) is 2.75. The van der Waals surface area contributed by atoms with E-state index in [4.69, 9.17) is 16.3 Å². The van der Waals surface area contributed by atoms with Gasteiger partial charge in [0.25, 0.3) is 0 Å². The summed E-state index contributed by atoms with van der Waals surface area (Å²) in [5.41, 5.74) is 1.13. The molecule has 1 aromatic rings. The van der Waals surface area contributed by atoms with Gasteiger partial charge in [0.05, 0.1) is 6.61 Å². The standard InChI is InChI=1S/C11H14ClN3O/c1-13-11-8-16-5-4-15(11)7-9-2-3-10(12)14-6-9/h2-3,6H,4-5,7-8H2,1H3. The number of hydrogen-bond acceptors (Lipinski definition) is 3. The summed E-state index contributed by atoms with van der Waals surface area (Å²) in [6.45, 7) is 3.02. The number of aliphatic imine (C=N–C) groups is 1. The van der Waals surface area contributed by atoms with Gasteiger partial charge in [-0.2, -0.15) is 0 Å². The van der Waals surface area contributed by atoms with E-state index in [1.54, 1.807) is 19.3 Å². The van der Waals surface area contributed by atoms with Crippen LogP contribution in [0.4, 0.5) is 0 Å². The summed E-state index contributed by atoms with van der Waals surface area (Å²) in [4.78, 5) is 10.5. The molecule has 0 bridgehead atoms. The number of nitrogens with zero attached hydrogens (tertiary/aromatic N) is 3. The van der Waals surface area contributed by atoms with Crippen molar-refractivity contribution in [1.29, 1.82) is 0 Å². The van der Waals surface area contributed by atoms with Crippen molar-refractivity contribution in [2.75, 3.05) is 26.8 Å². The fraction of sp³-hybridized carbons (Fsp3) is 0.455. The van der Waals surface area contributed by atoms with Gasteiger partial charge in [-0.15, -0.1) is 0 Å². The third-order valence-electron chi connectivity index (χ3n) is 2.52. The van der Waals surface area contributed by atoms with Crippen LogP contribution in [-0.2, 0) is 11.3 Å². The van der Waals surface area contributed by atoms with Crippen LogP contribution in [0, 0.1) is 0 Å². The van der Waals surface area contributed by atoms with E-state index in [1.165, 1.54) is 0 Å². The molecule has 2 rings (SSSR count). The van der Waals surface area contributed by atoms with Gasteiger partial charge in [0, 0.05) is 26.3 Å². The van der Waals surface area contributed by atoms with Crippen LogP contribution in [0.1, 0.15) is 5.56 Å². The first kappa shape index (κ1) is 11.4. The van der Waals surface area contributed by atoms with E-state index < -0.39 is 0 Å². The number of halogens is 1. The lowest BCUT2D eigenvalue weighted by Gasteiger charge is -2.30. The second kappa shape index (κ2) is 5.27. The van der Waals surface area contributed by atoms with Gasteiger partial charge in [-0.05, 0) is 11.6 Å². The van der Waals surface area contributed by atoms with Gasteiger partial charge in [-0.25, -0.2) is 4.98 Å². The zero-order valence-electron chi connectivity index (χ0n) is 9.19. The fourth-order valence-corrected chi connectivity index (χ4v) is 1.77. The lowest BCUT2D eigenvalue weighted by Crippen LogP contribution is -2.41. The summed E-state index contributed by atoms with van der Waals surface area (Å²) in [5.74, 6) is 0.987. The lowest BCUT2D eigenvalue weighted by atomic mass is 10.2. The SMILES string of the molecule is CN=C1COCCN1Cc1ccc(Cl)nc1. The van der Waals surface area contributed by atoms with Gasteiger partial charge in [0.15, 0.2) is 0 Å². The summed E-state index contributed by atoms with van der Waals surface area (Å²) in [6, 6.07) is 3.79. The average molecular weight is 240 g/mol. The van der Waals surface area contributed by atoms with Crippen molar-refractivity contribution in [1.82, 2.24) is 9.88 Å². The highest BCUT2D eigenvalue weighted by Crippen LogP contribution is 2.10. The predicted octanol–water partition coefficient (Wildman–Crippen LogP) is 1.60. The number of aromatic nitrogens is 1. The van der Waals surface area contributed by atoms with Crippen molar-refractivity contribution in [3.8, 4) is 0 Å². The first-order valence-electron chi connectivity index (χ1n) is 5.18. The molecule has 86 valence electrons. The van der Waals surface area contributed by atoms with E-state index in [0.717, 1.165) is 31.1 Å². The molecule has 0 N–H and O–H groups in total. The van der Waals surface area contributed by atoms with E-state index >= 15 is 0 Å². The van der Waals surface area contributed by atoms with E-state index in [1.807, 2.05) is 6.07 Å². The molecule has 1 saturated heterocycles. The van der Waals surface area contributed by atoms with Gasteiger partial charge in [-0.1, -0.05) is 17.7 Å². The highest BCUT2D eigenvalue weighted by atomic mass is 35.5. The van der Waals surface area contributed by atoms with Gasteiger partial charge in [0.2, 0.25) is 0 Å². The molecular formula is C11H14ClN3O. The van der Waals surface area contributed by atoms with Crippen molar-refractivity contribution < 1.29 is 4.74 Å². The Kier molecular flexibility index (Phi) is 3.74. The minimum Gasteiger partial charge on any atom is -0.372 e. The van der Waals surface area contributed by atoms with Crippen LogP contribution >= 0.6 is 11.6 Å². The minimum atomic E-state index is 0.523. The van der Waals surface area contributed by atoms with E-state index in [0.29, 0.717) is 11.8 Å². The summed E-state index contributed by atoms with van der Waals surface area (Å²) >= 11 is 5.74. The molecule has 1 aromatic heterocycles. The Hall–Kier alpha value is -1.13. The van der Waals surface area contributed by atoms with Crippen molar-refractivity contribution in [3.63, 3.8) is 0 Å². The molecular weight excluding hydrogens is 226 g/mol. The Labute approximate surface area is 99.9 Å². The van der Waals surface area contributed by atoms with Gasteiger partial charge >= 0.3 is 0 Å². The van der Waals surface area contributed by atoms with Crippen LogP contribution in [0.15, 0.2) is 23.3 Å². The monoisotopic (exact) mass is 239 g/mol. The van der Waals surface area contributed by atoms with E-state index in [9.17, 15) is 0 Å². The Morgan fingerprint density at radius 1 is 1.56 bits per heavy atom. The van der Waals surface area contributed by atoms with Crippen LogP contribution in [0.3, 0.4) is 0 Å². The zero-order valence-corrected chi connectivity index (χ0v) is 9.94. The molecule has 0 atom stereocenters. The molecule has 4 nitrogen and oxygen atoms in total. The van der Waals surface area contributed by atoms with Crippen LogP contribution < -0.4 is 0 Å². The van der Waals surface area contributed by atoms with Crippen molar-refractivity contribution in [3.05, 3.63) is 29.0 Å². The molecule has 0 amide bonds. The molecule has 16 heavy (non-hydrogen) atoms. The highest BCUT2D eigenvalue weighted by Gasteiger charge is 2.16. The number of hydrogen-bond donors (Lipinski definition) is 0. The molecule has 1 aliphatic rings. The Morgan fingerprint density at radius 2 is 2.44 bits per heavy atom. The maximum Gasteiger partial charge on any atom is 0.129 e. The average Bonchev–Trinajstić information content (AvgIpc) is 2.33. The normalized spacial score (nSPS) is 19.1. The van der Waals surface area contributed by atoms with Gasteiger partial charge < -0.3 is 9.64 Å². The molecule has 0 aromatic carbocycles. The Balaban J connectivity index is 2.05. The number of rotatable bonds is 2. The molecule has 0 aliphatic carbocycles. The van der Waals surface area contributed by atoms with Crippen LogP contribution in [0.5, 0.6) is 0 Å². The summed E-state index contributed by atoms with van der Waals surface area (Å²) in [6.07, 6.45) is 1.80. The maximum atomic E-state index is 5.74. The van der Waals surface area contributed by atoms with Crippen molar-refractivity contribution >= 4 is 17.4 Å². The molecule has 0 unspecified atom stereocenters. The molecule has 0 saturated carbocycles. The van der Waals surface area contributed by atoms with Crippen LogP contribution in [-0.4, -0.2) is 42.5 Å². The minimum absolute atomic E-state index is 0.523. The molecule has 5 heteroatoms. The molecule has 0 radical (unpaired) electrons. The predicted molar refractivity (Wildman–Crippen MR) is 63.8 cm³/mol. The second-order valence-corrected chi connectivity index (χ2v) is 3.99. The smallest absolute Gasteiger partial charge is 0.129 e. The molecule has 1 fully saturated rings. The van der Waals surface area contributed by atoms with E-state index in [-0.39, 0.29) is 0 Å². The van der Waals surface area contributed by atoms with Gasteiger partial charge in [-0.3, -0.25) is 4.99 Å². The zero-order chi connectivity index (χ0) is 11.4. The summed E-state index contributed by atoms with van der Waals surface area (Å²) in [5, 5.41) is 0.523. The number of pyridine rings is 1. The number of ether oxygens (including phenoxy) is 1. The second-order valence-electron chi connectivity index (χ2n) is 3.60. The van der Waals surface area contributed by atoms with E-state index in [2.05, 4.69) is 14.9 Å². The fourth-order valence-electron chi connectivity index (χ4n) is 1.66. The maximum absolute atomic E-state index is 5.74. The van der Waals surface area contributed by atoms with Crippen molar-refractivity contribution in [2.24, 2.45) is 4.99 Å². The van der Waals surface area contributed by atoms with Gasteiger partial charge in [0.1, 0.15) is 17.6 Å². The highest BCUT2D eigenvalue weighted by molar-refractivity contribution is 6.29. The number of amidine groups is 1. The molecule has 0 spiro atoms. The Bertz CT molecular complexity index is 377. The lowest BCUT2D eigenvalue weighted by molar-refractivity contribution is 0.113. The van der Waals surface area contributed by atoms with Crippen LogP contribution in [0.2, 0.25) is 5.15 Å². The molecule has 1 aliphatic heterocycles. The summed E-state index contributed by atoms with van der Waals surface area (Å²) in [7, 11) is 1.79. The van der Waals surface area contributed by atoms with Crippen molar-refractivity contribution in [2.45, 2.75) is 6.54 Å². The Morgan fingerprint density at radius 3 is 3.12 bits per heavy atom. The summed E-state index contributed by atoms with van der Waals surface area (Å²) < 4.78 is 5.35.